The predicted molar refractivity (Wildman–Crippen MR) is 119 cm³/mol. The van der Waals surface area contributed by atoms with Gasteiger partial charge in [0.1, 0.15) is 5.69 Å². The minimum absolute atomic E-state index is 0.0675. The molecule has 2 aromatic rings. The van der Waals surface area contributed by atoms with E-state index in [1.54, 1.807) is 12.1 Å². The third-order valence-electron chi connectivity index (χ3n) is 5.89. The second-order valence-corrected chi connectivity index (χ2v) is 8.01. The van der Waals surface area contributed by atoms with Crippen molar-refractivity contribution in [2.24, 2.45) is 0 Å². The van der Waals surface area contributed by atoms with Crippen LogP contribution in [-0.4, -0.2) is 70.4 Å². The van der Waals surface area contributed by atoms with E-state index in [9.17, 15) is 14.9 Å². The van der Waals surface area contributed by atoms with E-state index in [4.69, 9.17) is 4.74 Å². The van der Waals surface area contributed by atoms with Gasteiger partial charge in [0, 0.05) is 36.1 Å². The first-order valence-corrected chi connectivity index (χ1v) is 10.6. The number of ether oxygens (including phenoxy) is 1. The maximum absolute atomic E-state index is 12.7. The van der Waals surface area contributed by atoms with Gasteiger partial charge in [-0.2, -0.15) is 0 Å². The number of hydrogen-bond acceptors (Lipinski definition) is 6. The van der Waals surface area contributed by atoms with Crippen molar-refractivity contribution in [2.45, 2.75) is 0 Å². The lowest BCUT2D eigenvalue weighted by molar-refractivity contribution is -0.880. The number of nitro groups is 1. The number of nitrogens with one attached hydrogen (secondary N) is 2. The van der Waals surface area contributed by atoms with E-state index in [1.807, 2.05) is 29.2 Å². The van der Waals surface area contributed by atoms with E-state index in [-0.39, 0.29) is 17.2 Å². The Morgan fingerprint density at radius 2 is 1.71 bits per heavy atom. The second-order valence-electron chi connectivity index (χ2n) is 8.01. The minimum atomic E-state index is -0.436. The lowest BCUT2D eigenvalue weighted by atomic mass is 10.1. The Labute approximate surface area is 181 Å². The zero-order valence-corrected chi connectivity index (χ0v) is 17.7. The maximum Gasteiger partial charge on any atom is 0.293 e. The molecule has 2 saturated heterocycles. The van der Waals surface area contributed by atoms with Gasteiger partial charge in [0.25, 0.3) is 11.6 Å². The number of rotatable bonds is 5. The van der Waals surface area contributed by atoms with Gasteiger partial charge in [-0.25, -0.2) is 0 Å². The van der Waals surface area contributed by atoms with Crippen molar-refractivity contribution < 1.29 is 19.4 Å². The van der Waals surface area contributed by atoms with Gasteiger partial charge in [0.2, 0.25) is 0 Å². The summed E-state index contributed by atoms with van der Waals surface area (Å²) in [7, 11) is 2.20. The highest BCUT2D eigenvalue weighted by molar-refractivity contribution is 6.05. The number of carbonyl (C=O) groups excluding carboxylic acids is 1. The smallest absolute Gasteiger partial charge is 0.293 e. The Bertz CT molecular complexity index is 935. The van der Waals surface area contributed by atoms with Crippen molar-refractivity contribution in [3.05, 3.63) is 58.1 Å². The Hall–Kier alpha value is -3.17. The Kier molecular flexibility index (Phi) is 6.34. The van der Waals surface area contributed by atoms with E-state index in [0.717, 1.165) is 31.9 Å². The molecular weight excluding hydrogens is 398 g/mol. The van der Waals surface area contributed by atoms with Gasteiger partial charge in [-0.1, -0.05) is 0 Å². The van der Waals surface area contributed by atoms with Gasteiger partial charge in [-0.3, -0.25) is 14.9 Å². The molecule has 9 heteroatoms. The van der Waals surface area contributed by atoms with Gasteiger partial charge in [-0.05, 0) is 36.4 Å². The third kappa shape index (κ3) is 4.95. The van der Waals surface area contributed by atoms with Crippen LogP contribution >= 0.6 is 0 Å². The molecule has 2 aromatic carbocycles. The second kappa shape index (κ2) is 9.32. The van der Waals surface area contributed by atoms with Gasteiger partial charge < -0.3 is 24.8 Å². The van der Waals surface area contributed by atoms with Crippen LogP contribution in [-0.2, 0) is 4.74 Å². The fourth-order valence-electron chi connectivity index (χ4n) is 3.99. The lowest BCUT2D eigenvalue weighted by Crippen LogP contribution is -3.12. The summed E-state index contributed by atoms with van der Waals surface area (Å²) in [5.74, 6) is -0.368. The standard InChI is InChI=1S/C22H27N5O4/c1-24-8-10-25(11-9-24)19-5-3-18(4-6-19)23-22(28)17-2-7-20(21(16-17)27(29)30)26-12-14-31-15-13-26/h2-7,16H,8-15H2,1H3,(H,23,28)/p+1. The first-order chi connectivity index (χ1) is 15.0. The molecule has 0 unspecified atom stereocenters. The number of carbonyl (C=O) groups is 1. The molecule has 2 N–H and O–H groups in total. The van der Waals surface area contributed by atoms with E-state index in [2.05, 4.69) is 17.3 Å². The van der Waals surface area contributed by atoms with Crippen LogP contribution in [0, 0.1) is 10.1 Å². The molecule has 0 radical (unpaired) electrons. The normalized spacial score (nSPS) is 17.5. The number of anilines is 3. The van der Waals surface area contributed by atoms with E-state index in [1.165, 1.54) is 11.0 Å². The highest BCUT2D eigenvalue weighted by atomic mass is 16.6. The highest BCUT2D eigenvalue weighted by Crippen LogP contribution is 2.30. The first-order valence-electron chi connectivity index (χ1n) is 10.6. The average molecular weight is 426 g/mol. The topological polar surface area (TPSA) is 92.4 Å². The van der Waals surface area contributed by atoms with Gasteiger partial charge in [-0.15, -0.1) is 0 Å². The molecule has 0 saturated carbocycles. The molecule has 0 aromatic heterocycles. The van der Waals surface area contributed by atoms with Gasteiger partial charge >= 0.3 is 0 Å². The minimum Gasteiger partial charge on any atom is -0.378 e. The summed E-state index contributed by atoms with van der Waals surface area (Å²) < 4.78 is 5.32. The van der Waals surface area contributed by atoms with Crippen LogP contribution in [0.3, 0.4) is 0 Å². The van der Waals surface area contributed by atoms with Crippen molar-refractivity contribution in [1.82, 2.24) is 0 Å². The average Bonchev–Trinajstić information content (AvgIpc) is 2.80. The molecule has 2 fully saturated rings. The predicted octanol–water partition coefficient (Wildman–Crippen LogP) is 1.02. The van der Waals surface area contributed by atoms with Gasteiger partial charge in [0.05, 0.1) is 51.4 Å². The van der Waals surface area contributed by atoms with Crippen LogP contribution < -0.4 is 20.0 Å². The number of hydrogen-bond donors (Lipinski definition) is 2. The molecular formula is C22H28N5O4+. The van der Waals surface area contributed by atoms with E-state index in [0.29, 0.717) is 37.7 Å². The van der Waals surface area contributed by atoms with Crippen molar-refractivity contribution >= 4 is 28.7 Å². The van der Waals surface area contributed by atoms with E-state index < -0.39 is 4.92 Å². The fraction of sp³-hybridized carbons (Fsp3) is 0.409. The van der Waals surface area contributed by atoms with Crippen molar-refractivity contribution in [1.29, 1.82) is 0 Å². The van der Waals surface area contributed by atoms with Crippen molar-refractivity contribution in [3.8, 4) is 0 Å². The summed E-state index contributed by atoms with van der Waals surface area (Å²) >= 11 is 0. The number of likely N-dealkylation sites (N-methyl/N-ethyl adjacent to an activating group) is 1. The SMILES string of the molecule is C[NH+]1CCN(c2ccc(NC(=O)c3ccc(N4CCOCC4)c([N+](=O)[O-])c3)cc2)CC1. The molecule has 0 spiro atoms. The van der Waals surface area contributed by atoms with Crippen molar-refractivity contribution in [2.75, 3.05) is 74.6 Å². The molecule has 2 aliphatic rings. The molecule has 31 heavy (non-hydrogen) atoms. The van der Waals surface area contributed by atoms with Crippen LogP contribution in [0.2, 0.25) is 0 Å². The monoisotopic (exact) mass is 426 g/mol. The summed E-state index contributed by atoms with van der Waals surface area (Å²) in [5, 5.41) is 14.5. The number of quaternary nitrogens is 1. The molecule has 2 aliphatic heterocycles. The van der Waals surface area contributed by atoms with Crippen LogP contribution in [0.4, 0.5) is 22.7 Å². The molecule has 9 nitrogen and oxygen atoms in total. The molecule has 2 heterocycles. The van der Waals surface area contributed by atoms with Crippen LogP contribution in [0.1, 0.15) is 10.4 Å². The Balaban J connectivity index is 1.45. The zero-order valence-electron chi connectivity index (χ0n) is 17.7. The van der Waals surface area contributed by atoms with Crippen LogP contribution in [0.15, 0.2) is 42.5 Å². The van der Waals surface area contributed by atoms with Gasteiger partial charge in [0.15, 0.2) is 0 Å². The third-order valence-corrected chi connectivity index (χ3v) is 5.89. The Morgan fingerprint density at radius 3 is 2.35 bits per heavy atom. The molecule has 0 aliphatic carbocycles. The molecule has 0 bridgehead atoms. The molecule has 164 valence electrons. The number of piperazine rings is 1. The first kappa shape index (κ1) is 21.1. The molecule has 4 rings (SSSR count). The quantitative estimate of drug-likeness (QED) is 0.548. The van der Waals surface area contributed by atoms with Crippen molar-refractivity contribution in [3.63, 3.8) is 0 Å². The summed E-state index contributed by atoms with van der Waals surface area (Å²) in [5.41, 5.74) is 2.50. The number of nitro benzene ring substituents is 1. The number of amides is 1. The maximum atomic E-state index is 12.7. The number of nitrogens with zero attached hydrogens (tertiary/aromatic N) is 3. The highest BCUT2D eigenvalue weighted by Gasteiger charge is 2.23. The summed E-state index contributed by atoms with van der Waals surface area (Å²) in [6.07, 6.45) is 0. The number of morpholine rings is 1. The summed E-state index contributed by atoms with van der Waals surface area (Å²) in [6.45, 7) is 6.49. The summed E-state index contributed by atoms with van der Waals surface area (Å²) in [6, 6.07) is 12.4. The lowest BCUT2D eigenvalue weighted by Gasteiger charge is -2.31. The fourth-order valence-corrected chi connectivity index (χ4v) is 3.99. The van der Waals surface area contributed by atoms with Crippen LogP contribution in [0.5, 0.6) is 0 Å². The molecule has 0 atom stereocenters. The van der Waals surface area contributed by atoms with E-state index >= 15 is 0 Å². The zero-order chi connectivity index (χ0) is 21.8. The number of benzene rings is 2. The summed E-state index contributed by atoms with van der Waals surface area (Å²) in [4.78, 5) is 29.7. The molecule has 1 amide bonds. The Morgan fingerprint density at radius 1 is 1.03 bits per heavy atom. The van der Waals surface area contributed by atoms with Crippen LogP contribution in [0.25, 0.3) is 0 Å². The largest absolute Gasteiger partial charge is 0.378 e.